The van der Waals surface area contributed by atoms with Crippen LogP contribution in [-0.4, -0.2) is 4.92 Å². The van der Waals surface area contributed by atoms with Gasteiger partial charge < -0.3 is 0 Å². The molecule has 14 heavy (non-hydrogen) atoms. The Morgan fingerprint density at radius 1 is 1.14 bits per heavy atom. The van der Waals surface area contributed by atoms with Crippen molar-refractivity contribution in [1.82, 2.24) is 0 Å². The van der Waals surface area contributed by atoms with Crippen LogP contribution in [0.3, 0.4) is 0 Å². The van der Waals surface area contributed by atoms with Crippen molar-refractivity contribution < 1.29 is 4.92 Å². The molecule has 0 amide bonds. The minimum absolute atomic E-state index is 0.0706. The lowest BCUT2D eigenvalue weighted by Gasteiger charge is -2.11. The standard InChI is InChI=1S/C11H15NO2/c1-7-5-8(2)11(6-12(13)14)10(4)9(7)3/h5H,6H2,1-4H3. The molecule has 0 heterocycles. The third kappa shape index (κ3) is 1.92. The van der Waals surface area contributed by atoms with Crippen LogP contribution in [0.2, 0.25) is 0 Å². The van der Waals surface area contributed by atoms with E-state index in [1.165, 1.54) is 5.56 Å². The van der Waals surface area contributed by atoms with Crippen molar-refractivity contribution in [2.24, 2.45) is 0 Å². The van der Waals surface area contributed by atoms with Gasteiger partial charge in [0.05, 0.1) is 0 Å². The highest BCUT2D eigenvalue weighted by Crippen LogP contribution is 2.21. The van der Waals surface area contributed by atoms with E-state index in [9.17, 15) is 10.1 Å². The molecule has 0 aliphatic carbocycles. The van der Waals surface area contributed by atoms with Gasteiger partial charge in [-0.1, -0.05) is 6.07 Å². The first-order chi connectivity index (χ1) is 6.43. The summed E-state index contributed by atoms with van der Waals surface area (Å²) >= 11 is 0. The van der Waals surface area contributed by atoms with Crippen LogP contribution in [0.25, 0.3) is 0 Å². The Morgan fingerprint density at radius 2 is 1.71 bits per heavy atom. The van der Waals surface area contributed by atoms with Crippen molar-refractivity contribution in [3.63, 3.8) is 0 Å². The average molecular weight is 193 g/mol. The first-order valence-electron chi connectivity index (χ1n) is 4.61. The smallest absolute Gasteiger partial charge is 0.229 e. The van der Waals surface area contributed by atoms with E-state index < -0.39 is 0 Å². The first-order valence-corrected chi connectivity index (χ1v) is 4.61. The third-order valence-electron chi connectivity index (χ3n) is 2.80. The number of nitro groups is 1. The lowest BCUT2D eigenvalue weighted by Crippen LogP contribution is -2.05. The van der Waals surface area contributed by atoms with E-state index in [0.29, 0.717) is 0 Å². The molecule has 0 unspecified atom stereocenters. The van der Waals surface area contributed by atoms with Crippen LogP contribution in [0.4, 0.5) is 0 Å². The molecule has 0 bridgehead atoms. The summed E-state index contributed by atoms with van der Waals surface area (Å²) in [7, 11) is 0. The molecular weight excluding hydrogens is 178 g/mol. The maximum absolute atomic E-state index is 10.5. The van der Waals surface area contributed by atoms with Crippen molar-refractivity contribution in [1.29, 1.82) is 0 Å². The molecule has 0 radical (unpaired) electrons. The van der Waals surface area contributed by atoms with Gasteiger partial charge in [0.1, 0.15) is 0 Å². The summed E-state index contributed by atoms with van der Waals surface area (Å²) in [6.07, 6.45) is 0. The molecule has 0 spiro atoms. The van der Waals surface area contributed by atoms with Crippen molar-refractivity contribution in [3.05, 3.63) is 44.0 Å². The van der Waals surface area contributed by atoms with Gasteiger partial charge in [-0.15, -0.1) is 0 Å². The van der Waals surface area contributed by atoms with Crippen LogP contribution in [0.15, 0.2) is 6.07 Å². The van der Waals surface area contributed by atoms with Gasteiger partial charge in [0.25, 0.3) is 0 Å². The van der Waals surface area contributed by atoms with Crippen LogP contribution in [0, 0.1) is 37.8 Å². The number of rotatable bonds is 2. The lowest BCUT2D eigenvalue weighted by atomic mass is 9.94. The maximum Gasteiger partial charge on any atom is 0.229 e. The number of nitrogens with zero attached hydrogens (tertiary/aromatic N) is 1. The van der Waals surface area contributed by atoms with Gasteiger partial charge in [-0.2, -0.15) is 0 Å². The predicted molar refractivity (Wildman–Crippen MR) is 56.1 cm³/mol. The Labute approximate surface area is 83.9 Å². The van der Waals surface area contributed by atoms with Crippen LogP contribution in [0.1, 0.15) is 27.8 Å². The maximum atomic E-state index is 10.5. The van der Waals surface area contributed by atoms with Crippen LogP contribution in [0.5, 0.6) is 0 Å². The van der Waals surface area contributed by atoms with E-state index in [0.717, 1.165) is 22.3 Å². The molecule has 1 aromatic carbocycles. The molecular formula is C11H15NO2. The molecule has 0 saturated heterocycles. The lowest BCUT2D eigenvalue weighted by molar-refractivity contribution is -0.497. The third-order valence-corrected chi connectivity index (χ3v) is 2.80. The summed E-state index contributed by atoms with van der Waals surface area (Å²) in [6, 6.07) is 2.02. The summed E-state index contributed by atoms with van der Waals surface area (Å²) in [6.45, 7) is 7.85. The fourth-order valence-corrected chi connectivity index (χ4v) is 1.71. The molecule has 0 aromatic heterocycles. The van der Waals surface area contributed by atoms with E-state index >= 15 is 0 Å². The first kappa shape index (κ1) is 10.7. The summed E-state index contributed by atoms with van der Waals surface area (Å²) in [5, 5.41) is 10.5. The van der Waals surface area contributed by atoms with Gasteiger partial charge >= 0.3 is 0 Å². The highest BCUT2D eigenvalue weighted by Gasteiger charge is 2.12. The van der Waals surface area contributed by atoms with E-state index in [1.807, 2.05) is 33.8 Å². The minimum atomic E-state index is -0.274. The van der Waals surface area contributed by atoms with Crippen molar-refractivity contribution in [2.45, 2.75) is 34.2 Å². The SMILES string of the molecule is Cc1cc(C)c(C[N+](=O)[O-])c(C)c1C. The molecule has 3 heteroatoms. The highest BCUT2D eigenvalue weighted by molar-refractivity contribution is 5.43. The second kappa shape index (κ2) is 3.78. The highest BCUT2D eigenvalue weighted by atomic mass is 16.6. The Morgan fingerprint density at radius 3 is 2.21 bits per heavy atom. The zero-order valence-corrected chi connectivity index (χ0v) is 9.05. The molecule has 0 saturated carbocycles. The molecule has 0 aliphatic rings. The number of hydrogen-bond donors (Lipinski definition) is 0. The Balaban J connectivity index is 3.29. The molecule has 0 atom stereocenters. The summed E-state index contributed by atoms with van der Waals surface area (Å²) in [4.78, 5) is 10.2. The quantitative estimate of drug-likeness (QED) is 0.535. The van der Waals surface area contributed by atoms with Gasteiger partial charge in [0.15, 0.2) is 0 Å². The number of benzene rings is 1. The van der Waals surface area contributed by atoms with Gasteiger partial charge in [0, 0.05) is 10.5 Å². The molecule has 0 aliphatic heterocycles. The van der Waals surface area contributed by atoms with Crippen molar-refractivity contribution in [3.8, 4) is 0 Å². The zero-order chi connectivity index (χ0) is 10.9. The van der Waals surface area contributed by atoms with E-state index in [-0.39, 0.29) is 11.5 Å². The van der Waals surface area contributed by atoms with E-state index in [4.69, 9.17) is 0 Å². The Hall–Kier alpha value is -1.38. The van der Waals surface area contributed by atoms with E-state index in [1.54, 1.807) is 0 Å². The second-order valence-electron chi connectivity index (χ2n) is 3.73. The van der Waals surface area contributed by atoms with Gasteiger partial charge in [-0.3, -0.25) is 10.1 Å². The summed E-state index contributed by atoms with van der Waals surface area (Å²) in [5.41, 5.74) is 5.29. The normalized spacial score (nSPS) is 10.3. The van der Waals surface area contributed by atoms with Gasteiger partial charge in [-0.25, -0.2) is 0 Å². The monoisotopic (exact) mass is 193 g/mol. The molecule has 0 fully saturated rings. The number of hydrogen-bond acceptors (Lipinski definition) is 2. The Kier molecular flexibility index (Phi) is 2.89. The molecule has 3 nitrogen and oxygen atoms in total. The topological polar surface area (TPSA) is 43.1 Å². The van der Waals surface area contributed by atoms with Crippen LogP contribution < -0.4 is 0 Å². The van der Waals surface area contributed by atoms with E-state index in [2.05, 4.69) is 0 Å². The molecule has 0 N–H and O–H groups in total. The minimum Gasteiger partial charge on any atom is -0.264 e. The fourth-order valence-electron chi connectivity index (χ4n) is 1.71. The van der Waals surface area contributed by atoms with Gasteiger partial charge in [0.2, 0.25) is 6.54 Å². The molecule has 76 valence electrons. The largest absolute Gasteiger partial charge is 0.264 e. The van der Waals surface area contributed by atoms with Crippen LogP contribution in [-0.2, 0) is 6.54 Å². The predicted octanol–water partition coefficient (Wildman–Crippen LogP) is 2.70. The zero-order valence-electron chi connectivity index (χ0n) is 9.05. The summed E-state index contributed by atoms with van der Waals surface area (Å²) in [5.74, 6) is 0. The van der Waals surface area contributed by atoms with Crippen molar-refractivity contribution >= 4 is 0 Å². The fraction of sp³-hybridized carbons (Fsp3) is 0.455. The number of aryl methyl sites for hydroxylation is 2. The molecule has 1 rings (SSSR count). The second-order valence-corrected chi connectivity index (χ2v) is 3.73. The Bertz CT molecular complexity index is 383. The summed E-state index contributed by atoms with van der Waals surface area (Å²) < 4.78 is 0. The average Bonchev–Trinajstić information content (AvgIpc) is 2.09. The van der Waals surface area contributed by atoms with Gasteiger partial charge in [-0.05, 0) is 49.9 Å². The molecule has 1 aromatic rings. The van der Waals surface area contributed by atoms with Crippen molar-refractivity contribution in [2.75, 3.05) is 0 Å². The van der Waals surface area contributed by atoms with Crippen LogP contribution >= 0.6 is 0 Å².